The van der Waals surface area contributed by atoms with Crippen LogP contribution in [-0.4, -0.2) is 26.2 Å². The number of hydrogen-bond donors (Lipinski definition) is 0. The summed E-state index contributed by atoms with van der Waals surface area (Å²) in [6, 6.07) is 0. The Balaban J connectivity index is 2.67. The minimum atomic E-state index is -1.70. The molecule has 1 aromatic rings. The second-order valence-electron chi connectivity index (χ2n) is 3.54. The average Bonchev–Trinajstić information content (AvgIpc) is 2.56. The van der Waals surface area contributed by atoms with Crippen molar-refractivity contribution in [3.8, 4) is 0 Å². The number of aromatic nitrogens is 3. The minimum absolute atomic E-state index is 0.0137. The van der Waals surface area contributed by atoms with Gasteiger partial charge in [-0.2, -0.15) is 5.10 Å². The quantitative estimate of drug-likeness (QED) is 0.720. The molecule has 1 heterocycles. The number of halogens is 2. The van der Waals surface area contributed by atoms with Gasteiger partial charge in [0.05, 0.1) is 5.41 Å². The van der Waals surface area contributed by atoms with E-state index in [4.69, 9.17) is 11.6 Å². The van der Waals surface area contributed by atoms with Gasteiger partial charge in [-0.25, -0.2) is 14.1 Å². The van der Waals surface area contributed by atoms with Crippen molar-refractivity contribution in [1.82, 2.24) is 14.8 Å². The first-order valence-electron chi connectivity index (χ1n) is 4.08. The van der Waals surface area contributed by atoms with Gasteiger partial charge in [0.1, 0.15) is 19.2 Å². The fourth-order valence-electron chi connectivity index (χ4n) is 0.787. The van der Waals surface area contributed by atoms with Gasteiger partial charge in [-0.3, -0.25) is 4.79 Å². The highest BCUT2D eigenvalue weighted by Gasteiger charge is 2.35. The normalized spacial score (nSPS) is 14.0. The molecular weight excluding hydrogens is 209 g/mol. The maximum Gasteiger partial charge on any atom is 0.185 e. The molecule has 0 amide bonds. The monoisotopic (exact) mass is 219 g/mol. The first-order chi connectivity index (χ1) is 6.44. The van der Waals surface area contributed by atoms with Crippen molar-refractivity contribution in [3.05, 3.63) is 12.7 Å². The van der Waals surface area contributed by atoms with Crippen LogP contribution in [0.3, 0.4) is 0 Å². The van der Waals surface area contributed by atoms with Gasteiger partial charge >= 0.3 is 0 Å². The summed E-state index contributed by atoms with van der Waals surface area (Å²) in [6.45, 7) is 2.91. The molecule has 0 fully saturated rings. The number of ketones is 1. The van der Waals surface area contributed by atoms with Gasteiger partial charge in [-0.1, -0.05) is 11.6 Å². The summed E-state index contributed by atoms with van der Waals surface area (Å²) >= 11 is 5.27. The van der Waals surface area contributed by atoms with Crippen molar-refractivity contribution in [2.75, 3.05) is 0 Å². The standard InChI is InChI=1S/C8H11ClFN3O/c1-8(2,7(9)10)6(14)3-13-5-11-4-12-13/h4-5,7H,3H2,1-2H3. The van der Waals surface area contributed by atoms with Crippen LogP contribution in [0.4, 0.5) is 4.39 Å². The van der Waals surface area contributed by atoms with E-state index in [0.717, 1.165) is 0 Å². The first-order valence-corrected chi connectivity index (χ1v) is 4.52. The SMILES string of the molecule is CC(C)(C(=O)Cn1cncn1)C(F)Cl. The molecule has 0 spiro atoms. The lowest BCUT2D eigenvalue weighted by molar-refractivity contribution is -0.129. The van der Waals surface area contributed by atoms with Crippen LogP contribution in [-0.2, 0) is 11.3 Å². The number of rotatable bonds is 4. The molecule has 0 aromatic carbocycles. The van der Waals surface area contributed by atoms with Crippen LogP contribution in [0.5, 0.6) is 0 Å². The topological polar surface area (TPSA) is 47.8 Å². The summed E-state index contributed by atoms with van der Waals surface area (Å²) in [6.07, 6.45) is 2.71. The molecule has 6 heteroatoms. The molecule has 0 aliphatic rings. The second kappa shape index (κ2) is 4.04. The Morgan fingerprint density at radius 2 is 2.36 bits per heavy atom. The maximum absolute atomic E-state index is 12.9. The third-order valence-electron chi connectivity index (χ3n) is 2.04. The van der Waals surface area contributed by atoms with Gasteiger partial charge in [-0.05, 0) is 13.8 Å². The molecule has 14 heavy (non-hydrogen) atoms. The predicted octanol–water partition coefficient (Wildman–Crippen LogP) is 1.41. The van der Waals surface area contributed by atoms with Crippen molar-refractivity contribution in [1.29, 1.82) is 0 Å². The van der Waals surface area contributed by atoms with Crippen molar-refractivity contribution >= 4 is 17.4 Å². The number of Topliss-reactive ketones (excluding diaryl/α,β-unsaturated/α-hetero) is 1. The van der Waals surface area contributed by atoms with E-state index < -0.39 is 11.0 Å². The van der Waals surface area contributed by atoms with Crippen LogP contribution in [0.25, 0.3) is 0 Å². The molecule has 1 unspecified atom stereocenters. The van der Waals surface area contributed by atoms with E-state index in [1.54, 1.807) is 0 Å². The van der Waals surface area contributed by atoms with Gasteiger partial charge in [-0.15, -0.1) is 0 Å². The van der Waals surface area contributed by atoms with Crippen LogP contribution < -0.4 is 0 Å². The fourth-order valence-corrected chi connectivity index (χ4v) is 0.909. The zero-order valence-electron chi connectivity index (χ0n) is 7.94. The molecule has 0 saturated carbocycles. The lowest BCUT2D eigenvalue weighted by Gasteiger charge is -2.22. The lowest BCUT2D eigenvalue weighted by atomic mass is 9.89. The Hall–Kier alpha value is -0.970. The highest BCUT2D eigenvalue weighted by molar-refractivity contribution is 6.21. The Labute approximate surface area is 86.1 Å². The molecule has 1 atom stereocenters. The van der Waals surface area contributed by atoms with E-state index in [0.29, 0.717) is 0 Å². The second-order valence-corrected chi connectivity index (χ2v) is 3.92. The van der Waals surface area contributed by atoms with Gasteiger partial charge in [0.15, 0.2) is 11.4 Å². The molecule has 0 bridgehead atoms. The molecule has 4 nitrogen and oxygen atoms in total. The van der Waals surface area contributed by atoms with Gasteiger partial charge < -0.3 is 0 Å². The molecule has 1 aromatic heterocycles. The summed E-state index contributed by atoms with van der Waals surface area (Å²) in [5.74, 6) is -0.314. The summed E-state index contributed by atoms with van der Waals surface area (Å²) in [5.41, 5.74) is -2.90. The van der Waals surface area contributed by atoms with E-state index in [9.17, 15) is 9.18 Å². The number of carbonyl (C=O) groups is 1. The van der Waals surface area contributed by atoms with E-state index >= 15 is 0 Å². The molecule has 0 N–H and O–H groups in total. The first kappa shape index (κ1) is 11.1. The number of hydrogen-bond acceptors (Lipinski definition) is 3. The minimum Gasteiger partial charge on any atom is -0.297 e. The largest absolute Gasteiger partial charge is 0.297 e. The lowest BCUT2D eigenvalue weighted by Crippen LogP contribution is -2.34. The maximum atomic E-state index is 12.9. The van der Waals surface area contributed by atoms with Gasteiger partial charge in [0.2, 0.25) is 0 Å². The summed E-state index contributed by atoms with van der Waals surface area (Å²) in [5, 5.41) is 3.75. The summed E-state index contributed by atoms with van der Waals surface area (Å²) in [7, 11) is 0. The Kier molecular flexibility index (Phi) is 3.21. The summed E-state index contributed by atoms with van der Waals surface area (Å²) < 4.78 is 14.2. The number of nitrogens with zero attached hydrogens (tertiary/aromatic N) is 3. The zero-order valence-corrected chi connectivity index (χ0v) is 8.70. The molecule has 78 valence electrons. The molecule has 0 radical (unpaired) electrons. The Morgan fingerprint density at radius 1 is 1.71 bits per heavy atom. The van der Waals surface area contributed by atoms with Crippen LogP contribution in [0.15, 0.2) is 12.7 Å². The fraction of sp³-hybridized carbons (Fsp3) is 0.625. The van der Waals surface area contributed by atoms with E-state index in [-0.39, 0.29) is 12.3 Å². The Bertz CT molecular complexity index is 310. The van der Waals surface area contributed by atoms with E-state index in [1.165, 1.54) is 31.2 Å². The van der Waals surface area contributed by atoms with Crippen LogP contribution in [0.2, 0.25) is 0 Å². The third kappa shape index (κ3) is 2.29. The van der Waals surface area contributed by atoms with Crippen molar-refractivity contribution in [2.24, 2.45) is 5.41 Å². The molecular formula is C8H11ClFN3O. The zero-order chi connectivity index (χ0) is 10.8. The average molecular weight is 220 g/mol. The summed E-state index contributed by atoms with van der Waals surface area (Å²) in [4.78, 5) is 15.2. The number of alkyl halides is 2. The van der Waals surface area contributed by atoms with Crippen molar-refractivity contribution in [3.63, 3.8) is 0 Å². The van der Waals surface area contributed by atoms with E-state index in [2.05, 4.69) is 10.1 Å². The Morgan fingerprint density at radius 3 is 2.79 bits per heavy atom. The number of carbonyl (C=O) groups excluding carboxylic acids is 1. The highest BCUT2D eigenvalue weighted by Crippen LogP contribution is 2.28. The highest BCUT2D eigenvalue weighted by atomic mass is 35.5. The van der Waals surface area contributed by atoms with E-state index in [1.807, 2.05) is 0 Å². The molecule has 0 saturated heterocycles. The van der Waals surface area contributed by atoms with Crippen molar-refractivity contribution in [2.45, 2.75) is 26.0 Å². The van der Waals surface area contributed by atoms with Crippen LogP contribution >= 0.6 is 11.6 Å². The van der Waals surface area contributed by atoms with Gasteiger partial charge in [0.25, 0.3) is 0 Å². The molecule has 1 rings (SSSR count). The van der Waals surface area contributed by atoms with Gasteiger partial charge in [0, 0.05) is 0 Å². The van der Waals surface area contributed by atoms with Crippen LogP contribution in [0.1, 0.15) is 13.8 Å². The third-order valence-corrected chi connectivity index (χ3v) is 2.58. The molecule has 0 aliphatic heterocycles. The van der Waals surface area contributed by atoms with Crippen LogP contribution in [0, 0.1) is 5.41 Å². The molecule has 0 aliphatic carbocycles. The van der Waals surface area contributed by atoms with Crippen molar-refractivity contribution < 1.29 is 9.18 Å². The smallest absolute Gasteiger partial charge is 0.185 e. The predicted molar refractivity (Wildman–Crippen MR) is 49.6 cm³/mol.